The Balaban J connectivity index is 1.86. The first-order valence-electron chi connectivity index (χ1n) is 7.06. The van der Waals surface area contributed by atoms with Crippen molar-refractivity contribution >= 4 is 16.8 Å². The number of nitrogens with two attached hydrogens (primary N) is 1. The molecule has 5 nitrogen and oxygen atoms in total. The lowest BCUT2D eigenvalue weighted by atomic mass is 9.82. The van der Waals surface area contributed by atoms with Crippen LogP contribution in [0, 0.1) is 5.92 Å². The van der Waals surface area contributed by atoms with Crippen LogP contribution in [0.15, 0.2) is 16.5 Å². The number of aliphatic hydroxyl groups excluding tert-OH is 1. The Kier molecular flexibility index (Phi) is 3.53. The number of nitrogens with zero attached hydrogens (tertiary/aromatic N) is 1. The average molecular weight is 276 g/mol. The van der Waals surface area contributed by atoms with Crippen LogP contribution in [-0.4, -0.2) is 23.8 Å². The second kappa shape index (κ2) is 5.32. The molecule has 0 radical (unpaired) electrons. The van der Waals surface area contributed by atoms with Gasteiger partial charge < -0.3 is 20.0 Å². The fourth-order valence-electron chi connectivity index (χ4n) is 2.93. The zero-order chi connectivity index (χ0) is 14.1. The first-order valence-corrected chi connectivity index (χ1v) is 7.06. The van der Waals surface area contributed by atoms with Crippen molar-refractivity contribution in [2.45, 2.75) is 31.6 Å². The van der Waals surface area contributed by atoms with Gasteiger partial charge in [-0.1, -0.05) is 0 Å². The number of nitrogen functional groups attached to an aromatic ring is 1. The number of aromatic nitrogens is 1. The van der Waals surface area contributed by atoms with Crippen molar-refractivity contribution in [1.29, 1.82) is 0 Å². The highest BCUT2D eigenvalue weighted by molar-refractivity contribution is 5.80. The molecule has 1 saturated carbocycles. The Morgan fingerprint density at radius 2 is 2.10 bits per heavy atom. The van der Waals surface area contributed by atoms with Crippen LogP contribution in [-0.2, 0) is 0 Å². The van der Waals surface area contributed by atoms with E-state index in [0.717, 1.165) is 37.1 Å². The number of methoxy groups -OCH3 is 1. The van der Waals surface area contributed by atoms with E-state index in [1.165, 1.54) is 0 Å². The molecule has 1 aliphatic carbocycles. The van der Waals surface area contributed by atoms with Gasteiger partial charge in [0.1, 0.15) is 11.3 Å². The van der Waals surface area contributed by atoms with Crippen LogP contribution in [0.25, 0.3) is 11.1 Å². The maximum atomic E-state index is 9.18. The van der Waals surface area contributed by atoms with Crippen molar-refractivity contribution in [3.05, 3.63) is 18.0 Å². The minimum Gasteiger partial charge on any atom is -0.495 e. The van der Waals surface area contributed by atoms with E-state index in [1.807, 2.05) is 6.07 Å². The summed E-state index contributed by atoms with van der Waals surface area (Å²) in [5.41, 5.74) is 7.94. The lowest BCUT2D eigenvalue weighted by Crippen LogP contribution is -2.16. The van der Waals surface area contributed by atoms with E-state index < -0.39 is 0 Å². The third-order valence-corrected chi connectivity index (χ3v) is 4.21. The quantitative estimate of drug-likeness (QED) is 0.842. The highest BCUT2D eigenvalue weighted by Gasteiger charge is 2.25. The molecular weight excluding hydrogens is 256 g/mol. The van der Waals surface area contributed by atoms with Gasteiger partial charge >= 0.3 is 0 Å². The normalized spacial score (nSPS) is 23.1. The van der Waals surface area contributed by atoms with Crippen molar-refractivity contribution in [2.24, 2.45) is 5.92 Å². The number of benzene rings is 1. The van der Waals surface area contributed by atoms with Crippen LogP contribution in [0.4, 0.5) is 5.69 Å². The number of ether oxygens (including phenoxy) is 1. The fourth-order valence-corrected chi connectivity index (χ4v) is 2.93. The molecule has 1 aliphatic rings. The van der Waals surface area contributed by atoms with Crippen LogP contribution in [0.2, 0.25) is 0 Å². The molecule has 0 spiro atoms. The number of oxazole rings is 1. The first kappa shape index (κ1) is 13.2. The van der Waals surface area contributed by atoms with Gasteiger partial charge in [0.25, 0.3) is 0 Å². The summed E-state index contributed by atoms with van der Waals surface area (Å²) in [4.78, 5) is 4.57. The van der Waals surface area contributed by atoms with E-state index in [0.29, 0.717) is 28.9 Å². The van der Waals surface area contributed by atoms with Crippen molar-refractivity contribution in [1.82, 2.24) is 4.98 Å². The highest BCUT2D eigenvalue weighted by atomic mass is 16.5. The minimum absolute atomic E-state index is 0.286. The van der Waals surface area contributed by atoms with Gasteiger partial charge in [-0.25, -0.2) is 4.98 Å². The van der Waals surface area contributed by atoms with E-state index in [4.69, 9.17) is 14.9 Å². The van der Waals surface area contributed by atoms with E-state index in [9.17, 15) is 5.11 Å². The molecule has 0 bridgehead atoms. The summed E-state index contributed by atoms with van der Waals surface area (Å²) in [6, 6.07) is 3.58. The number of anilines is 1. The summed E-state index contributed by atoms with van der Waals surface area (Å²) in [7, 11) is 1.59. The number of fused-ring (bicyclic) bond motifs is 1. The van der Waals surface area contributed by atoms with E-state index in [2.05, 4.69) is 4.98 Å². The molecule has 1 fully saturated rings. The van der Waals surface area contributed by atoms with Gasteiger partial charge in [-0.2, -0.15) is 0 Å². The maximum Gasteiger partial charge on any atom is 0.198 e. The molecule has 0 saturated heterocycles. The monoisotopic (exact) mass is 276 g/mol. The number of rotatable bonds is 3. The van der Waals surface area contributed by atoms with Gasteiger partial charge in [0.2, 0.25) is 0 Å². The van der Waals surface area contributed by atoms with Crippen LogP contribution < -0.4 is 10.5 Å². The van der Waals surface area contributed by atoms with Gasteiger partial charge in [-0.15, -0.1) is 0 Å². The minimum atomic E-state index is 0.286. The smallest absolute Gasteiger partial charge is 0.198 e. The van der Waals surface area contributed by atoms with Gasteiger partial charge in [0.05, 0.1) is 12.8 Å². The molecule has 1 heterocycles. The third-order valence-electron chi connectivity index (χ3n) is 4.21. The molecule has 0 atom stereocenters. The molecule has 108 valence electrons. The molecule has 0 aliphatic heterocycles. The predicted molar refractivity (Wildman–Crippen MR) is 76.8 cm³/mol. The third kappa shape index (κ3) is 2.33. The zero-order valence-electron chi connectivity index (χ0n) is 11.6. The summed E-state index contributed by atoms with van der Waals surface area (Å²) < 4.78 is 11.0. The van der Waals surface area contributed by atoms with Crippen LogP contribution in [0.5, 0.6) is 5.75 Å². The molecule has 0 amide bonds. The SMILES string of the molecule is COc1cc2nc(C3CCC(CO)CC3)oc2cc1N. The molecule has 3 rings (SSSR count). The van der Waals surface area contributed by atoms with Crippen molar-refractivity contribution < 1.29 is 14.3 Å². The Morgan fingerprint density at radius 1 is 1.35 bits per heavy atom. The zero-order valence-corrected chi connectivity index (χ0v) is 11.6. The number of aliphatic hydroxyl groups is 1. The summed E-state index contributed by atoms with van der Waals surface area (Å²) in [5, 5.41) is 9.18. The molecule has 2 aromatic rings. The lowest BCUT2D eigenvalue weighted by Gasteiger charge is -2.24. The summed E-state index contributed by atoms with van der Waals surface area (Å²) >= 11 is 0. The largest absolute Gasteiger partial charge is 0.495 e. The predicted octanol–water partition coefficient (Wildman–Crippen LogP) is 2.68. The van der Waals surface area contributed by atoms with E-state index in [1.54, 1.807) is 13.2 Å². The van der Waals surface area contributed by atoms with Crippen molar-refractivity contribution in [3.8, 4) is 5.75 Å². The Morgan fingerprint density at radius 3 is 2.75 bits per heavy atom. The number of hydrogen-bond acceptors (Lipinski definition) is 5. The summed E-state index contributed by atoms with van der Waals surface area (Å²) in [5.74, 6) is 2.19. The van der Waals surface area contributed by atoms with E-state index in [-0.39, 0.29) is 6.61 Å². The Hall–Kier alpha value is -1.75. The molecule has 20 heavy (non-hydrogen) atoms. The molecular formula is C15H20N2O3. The molecule has 0 unspecified atom stereocenters. The van der Waals surface area contributed by atoms with Crippen LogP contribution in [0.1, 0.15) is 37.5 Å². The van der Waals surface area contributed by atoms with Crippen molar-refractivity contribution in [3.63, 3.8) is 0 Å². The Bertz CT molecular complexity index is 600. The molecule has 3 N–H and O–H groups in total. The van der Waals surface area contributed by atoms with Crippen LogP contribution >= 0.6 is 0 Å². The molecule has 1 aromatic heterocycles. The van der Waals surface area contributed by atoms with E-state index >= 15 is 0 Å². The van der Waals surface area contributed by atoms with Gasteiger partial charge in [-0.3, -0.25) is 0 Å². The van der Waals surface area contributed by atoms with Gasteiger partial charge in [0, 0.05) is 24.7 Å². The summed E-state index contributed by atoms with van der Waals surface area (Å²) in [6.07, 6.45) is 4.10. The standard InChI is InChI=1S/C15H20N2O3/c1-19-13-7-12-14(6-11(13)16)20-15(17-12)10-4-2-9(8-18)3-5-10/h6-7,9-10,18H,2-5,8,16H2,1H3. The second-order valence-corrected chi connectivity index (χ2v) is 5.51. The second-order valence-electron chi connectivity index (χ2n) is 5.51. The van der Waals surface area contributed by atoms with Gasteiger partial charge in [0.15, 0.2) is 11.5 Å². The first-order chi connectivity index (χ1) is 9.71. The van der Waals surface area contributed by atoms with Gasteiger partial charge in [-0.05, 0) is 31.6 Å². The fraction of sp³-hybridized carbons (Fsp3) is 0.533. The molecule has 5 heteroatoms. The van der Waals surface area contributed by atoms with Crippen LogP contribution in [0.3, 0.4) is 0 Å². The number of hydrogen-bond donors (Lipinski definition) is 2. The molecule has 1 aromatic carbocycles. The average Bonchev–Trinajstić information content (AvgIpc) is 2.89. The maximum absolute atomic E-state index is 9.18. The highest BCUT2D eigenvalue weighted by Crippen LogP contribution is 2.37. The van der Waals surface area contributed by atoms with Crippen molar-refractivity contribution in [2.75, 3.05) is 19.5 Å². The Labute approximate surface area is 117 Å². The topological polar surface area (TPSA) is 81.5 Å². The summed E-state index contributed by atoms with van der Waals surface area (Å²) in [6.45, 7) is 0.286. The lowest BCUT2D eigenvalue weighted by molar-refractivity contribution is 0.177.